The third-order valence-electron chi connectivity index (χ3n) is 4.12. The van der Waals surface area contributed by atoms with Gasteiger partial charge in [-0.1, -0.05) is 48.2 Å². The number of ether oxygens (including phenoxy) is 3. The third kappa shape index (κ3) is 4.85. The van der Waals surface area contributed by atoms with E-state index in [0.717, 1.165) is 22.4 Å². The Balaban J connectivity index is 1.62. The standard InChI is InChI=1S/C21H21NO4S2/c1-13-5-4-6-14(2)19(13)26-10-9-25-16-8-7-15(11-17(16)24-3)12-18-20(23)22-21(27)28-18/h4-8,11-12H,9-10H2,1-3H3,(H,22,23,27)/b18-12+. The van der Waals surface area contributed by atoms with E-state index < -0.39 is 0 Å². The first-order valence-electron chi connectivity index (χ1n) is 8.72. The van der Waals surface area contributed by atoms with E-state index in [2.05, 4.69) is 5.32 Å². The molecule has 146 valence electrons. The molecular weight excluding hydrogens is 394 g/mol. The van der Waals surface area contributed by atoms with Crippen molar-refractivity contribution < 1.29 is 19.0 Å². The summed E-state index contributed by atoms with van der Waals surface area (Å²) in [5.74, 6) is 1.92. The van der Waals surface area contributed by atoms with Crippen LogP contribution in [0.25, 0.3) is 6.08 Å². The fourth-order valence-electron chi connectivity index (χ4n) is 2.79. The summed E-state index contributed by atoms with van der Waals surface area (Å²) in [7, 11) is 1.58. The maximum Gasteiger partial charge on any atom is 0.263 e. The lowest BCUT2D eigenvalue weighted by Gasteiger charge is -2.14. The normalized spacial score (nSPS) is 14.9. The van der Waals surface area contributed by atoms with Crippen LogP contribution >= 0.6 is 24.0 Å². The predicted molar refractivity (Wildman–Crippen MR) is 116 cm³/mol. The summed E-state index contributed by atoms with van der Waals surface area (Å²) in [4.78, 5) is 12.4. The van der Waals surface area contributed by atoms with E-state index in [1.807, 2.05) is 50.2 Å². The average molecular weight is 416 g/mol. The molecule has 0 atom stereocenters. The second-order valence-electron chi connectivity index (χ2n) is 6.18. The molecule has 0 spiro atoms. The summed E-state index contributed by atoms with van der Waals surface area (Å²) in [6.45, 7) is 4.86. The molecule has 2 aromatic carbocycles. The summed E-state index contributed by atoms with van der Waals surface area (Å²) < 4.78 is 17.6. The fourth-order valence-corrected chi connectivity index (χ4v) is 3.83. The van der Waals surface area contributed by atoms with Crippen LogP contribution in [0.4, 0.5) is 0 Å². The lowest BCUT2D eigenvalue weighted by Crippen LogP contribution is -2.17. The lowest BCUT2D eigenvalue weighted by molar-refractivity contribution is -0.115. The van der Waals surface area contributed by atoms with Gasteiger partial charge in [0, 0.05) is 0 Å². The van der Waals surface area contributed by atoms with Crippen molar-refractivity contribution >= 4 is 40.3 Å². The molecule has 1 heterocycles. The Bertz CT molecular complexity index is 920. The lowest BCUT2D eigenvalue weighted by atomic mass is 10.1. The van der Waals surface area contributed by atoms with Crippen molar-refractivity contribution in [3.63, 3.8) is 0 Å². The monoisotopic (exact) mass is 415 g/mol. The Morgan fingerprint density at radius 3 is 2.43 bits per heavy atom. The van der Waals surface area contributed by atoms with Crippen molar-refractivity contribution in [1.82, 2.24) is 5.32 Å². The molecule has 1 amide bonds. The van der Waals surface area contributed by atoms with Crippen LogP contribution < -0.4 is 19.5 Å². The number of carbonyl (C=O) groups is 1. The molecule has 0 bridgehead atoms. The minimum Gasteiger partial charge on any atom is -0.493 e. The Kier molecular flexibility index (Phi) is 6.59. The van der Waals surface area contributed by atoms with Crippen LogP contribution in [0.15, 0.2) is 41.3 Å². The zero-order valence-electron chi connectivity index (χ0n) is 15.9. The molecule has 5 nitrogen and oxygen atoms in total. The van der Waals surface area contributed by atoms with Gasteiger partial charge in [-0.05, 0) is 48.7 Å². The highest BCUT2D eigenvalue weighted by atomic mass is 32.2. The van der Waals surface area contributed by atoms with Crippen molar-refractivity contribution in [2.24, 2.45) is 0 Å². The molecule has 3 rings (SSSR count). The topological polar surface area (TPSA) is 56.8 Å². The highest BCUT2D eigenvalue weighted by molar-refractivity contribution is 8.26. The first-order valence-corrected chi connectivity index (χ1v) is 9.95. The maximum absolute atomic E-state index is 11.8. The number of thioether (sulfide) groups is 1. The minimum atomic E-state index is -0.182. The average Bonchev–Trinajstić information content (AvgIpc) is 2.98. The van der Waals surface area contributed by atoms with E-state index in [4.69, 9.17) is 26.4 Å². The number of thiocarbonyl (C=S) groups is 1. The number of hydrogen-bond donors (Lipinski definition) is 1. The fraction of sp³-hybridized carbons (Fsp3) is 0.238. The van der Waals surface area contributed by atoms with Gasteiger partial charge in [0.2, 0.25) is 0 Å². The number of hydrogen-bond acceptors (Lipinski definition) is 6. The van der Waals surface area contributed by atoms with Gasteiger partial charge in [-0.2, -0.15) is 0 Å². The summed E-state index contributed by atoms with van der Waals surface area (Å²) in [5.41, 5.74) is 3.03. The number of para-hydroxylation sites is 1. The van der Waals surface area contributed by atoms with E-state index in [1.54, 1.807) is 13.2 Å². The minimum absolute atomic E-state index is 0.182. The van der Waals surface area contributed by atoms with Gasteiger partial charge < -0.3 is 19.5 Å². The first-order chi connectivity index (χ1) is 13.5. The Morgan fingerprint density at radius 1 is 1.07 bits per heavy atom. The molecule has 28 heavy (non-hydrogen) atoms. The van der Waals surface area contributed by atoms with Crippen LogP contribution in [0.1, 0.15) is 16.7 Å². The van der Waals surface area contributed by atoms with Gasteiger partial charge in [0.1, 0.15) is 23.3 Å². The molecule has 0 aliphatic carbocycles. The van der Waals surface area contributed by atoms with Crippen LogP contribution in [-0.2, 0) is 4.79 Å². The molecule has 0 unspecified atom stereocenters. The molecule has 1 aliphatic heterocycles. The highest BCUT2D eigenvalue weighted by Gasteiger charge is 2.22. The molecule has 1 fully saturated rings. The van der Waals surface area contributed by atoms with Crippen molar-refractivity contribution in [3.8, 4) is 17.2 Å². The number of nitrogens with one attached hydrogen (secondary N) is 1. The summed E-state index contributed by atoms with van der Waals surface area (Å²) in [6.07, 6.45) is 1.77. The quantitative estimate of drug-likeness (QED) is 0.414. The Labute approximate surface area is 174 Å². The molecule has 0 aromatic heterocycles. The van der Waals surface area contributed by atoms with E-state index in [0.29, 0.717) is 33.9 Å². The summed E-state index contributed by atoms with van der Waals surface area (Å²) in [6, 6.07) is 11.6. The smallest absolute Gasteiger partial charge is 0.263 e. The number of rotatable bonds is 7. The van der Waals surface area contributed by atoms with Crippen LogP contribution in [0.5, 0.6) is 17.2 Å². The van der Waals surface area contributed by atoms with Gasteiger partial charge in [0.15, 0.2) is 11.5 Å². The summed E-state index contributed by atoms with van der Waals surface area (Å²) in [5, 5.41) is 2.60. The third-order valence-corrected chi connectivity index (χ3v) is 5.29. The Hall–Kier alpha value is -2.51. The molecule has 0 radical (unpaired) electrons. The molecule has 0 saturated carbocycles. The predicted octanol–water partition coefficient (Wildman–Crippen LogP) is 4.26. The van der Waals surface area contributed by atoms with Crippen molar-refractivity contribution in [1.29, 1.82) is 0 Å². The van der Waals surface area contributed by atoms with Gasteiger partial charge in [0.05, 0.1) is 12.0 Å². The second-order valence-corrected chi connectivity index (χ2v) is 7.90. The van der Waals surface area contributed by atoms with E-state index in [9.17, 15) is 4.79 Å². The van der Waals surface area contributed by atoms with Crippen LogP contribution in [-0.4, -0.2) is 30.6 Å². The SMILES string of the molecule is COc1cc(/C=C2/SC(=S)NC2=O)ccc1OCCOc1c(C)cccc1C. The molecule has 1 N–H and O–H groups in total. The number of carbonyl (C=O) groups excluding carboxylic acids is 1. The van der Waals surface area contributed by atoms with Gasteiger partial charge in [0.25, 0.3) is 5.91 Å². The molecule has 1 aliphatic rings. The van der Waals surface area contributed by atoms with Crippen LogP contribution in [0.3, 0.4) is 0 Å². The van der Waals surface area contributed by atoms with E-state index in [-0.39, 0.29) is 5.91 Å². The maximum atomic E-state index is 11.8. The Morgan fingerprint density at radius 2 is 1.79 bits per heavy atom. The van der Waals surface area contributed by atoms with Crippen LogP contribution in [0, 0.1) is 13.8 Å². The molecule has 1 saturated heterocycles. The largest absolute Gasteiger partial charge is 0.493 e. The molecule has 2 aromatic rings. The van der Waals surface area contributed by atoms with Crippen LogP contribution in [0.2, 0.25) is 0 Å². The van der Waals surface area contributed by atoms with Gasteiger partial charge in [-0.15, -0.1) is 0 Å². The zero-order chi connectivity index (χ0) is 20.1. The van der Waals surface area contributed by atoms with Gasteiger partial charge in [-0.25, -0.2) is 0 Å². The number of methoxy groups -OCH3 is 1. The van der Waals surface area contributed by atoms with Gasteiger partial charge >= 0.3 is 0 Å². The summed E-state index contributed by atoms with van der Waals surface area (Å²) >= 11 is 6.25. The second kappa shape index (κ2) is 9.12. The van der Waals surface area contributed by atoms with Crippen molar-refractivity contribution in [2.45, 2.75) is 13.8 Å². The van der Waals surface area contributed by atoms with Crippen molar-refractivity contribution in [3.05, 3.63) is 58.0 Å². The number of benzene rings is 2. The molecule has 7 heteroatoms. The zero-order valence-corrected chi connectivity index (χ0v) is 17.5. The number of amides is 1. The van der Waals surface area contributed by atoms with Crippen molar-refractivity contribution in [2.75, 3.05) is 20.3 Å². The van der Waals surface area contributed by atoms with E-state index >= 15 is 0 Å². The highest BCUT2D eigenvalue weighted by Crippen LogP contribution is 2.31. The molecular formula is C21H21NO4S2. The first kappa shape index (κ1) is 20.2. The number of aryl methyl sites for hydroxylation is 2. The van der Waals surface area contributed by atoms with E-state index in [1.165, 1.54) is 11.8 Å². The van der Waals surface area contributed by atoms with Gasteiger partial charge in [-0.3, -0.25) is 4.79 Å².